The van der Waals surface area contributed by atoms with E-state index in [0.29, 0.717) is 0 Å². The molecule has 0 aliphatic carbocycles. The molecule has 0 aromatic heterocycles. The fourth-order valence-corrected chi connectivity index (χ4v) is 0. The molecule has 0 aromatic carbocycles. The van der Waals surface area contributed by atoms with Crippen molar-refractivity contribution in [3.63, 3.8) is 0 Å². The number of carbonyl (C=O) groups is 1. The van der Waals surface area contributed by atoms with Crippen molar-refractivity contribution >= 4 is 6.03 Å². The SMILES string of the molecule is NC(N)=O.O=[N+]([O-])O.O=[N+]([O-])[O-].[NH4+]. The zero-order valence-corrected chi connectivity index (χ0v) is 6.45. The molecule has 0 saturated carbocycles. The van der Waals surface area contributed by atoms with E-state index < -0.39 is 16.2 Å². The first kappa shape index (κ1) is 22.4. The molecule has 0 bridgehead atoms. The molecule has 0 aromatic rings. The molecule has 0 radical (unpaired) electrons. The van der Waals surface area contributed by atoms with Gasteiger partial charge in [-0.2, -0.15) is 0 Å². The minimum absolute atomic E-state index is 0. The highest BCUT2D eigenvalue weighted by atomic mass is 16.9. The van der Waals surface area contributed by atoms with Crippen molar-refractivity contribution < 1.29 is 20.2 Å². The molecule has 0 aliphatic rings. The lowest BCUT2D eigenvalue weighted by atomic mass is 11.2. The number of nitrogens with zero attached hydrogens (tertiary/aromatic N) is 2. The lowest BCUT2D eigenvalue weighted by molar-refractivity contribution is -0.742. The van der Waals surface area contributed by atoms with Gasteiger partial charge in [0, 0.05) is 0 Å². The Morgan fingerprint density at radius 3 is 1.15 bits per heavy atom. The van der Waals surface area contributed by atoms with Crippen molar-refractivity contribution in [1.82, 2.24) is 6.15 Å². The summed E-state index contributed by atoms with van der Waals surface area (Å²) in [6.07, 6.45) is 0. The van der Waals surface area contributed by atoms with Gasteiger partial charge < -0.3 is 38.1 Å². The van der Waals surface area contributed by atoms with Gasteiger partial charge in [0.05, 0.1) is 5.09 Å². The van der Waals surface area contributed by atoms with Crippen molar-refractivity contribution in [2.75, 3.05) is 0 Å². The number of amides is 2. The second-order valence-corrected chi connectivity index (χ2v) is 0.864. The van der Waals surface area contributed by atoms with E-state index >= 15 is 0 Å². The third-order valence-corrected chi connectivity index (χ3v) is 0. The van der Waals surface area contributed by atoms with Crippen LogP contribution in [-0.4, -0.2) is 21.4 Å². The summed E-state index contributed by atoms with van der Waals surface area (Å²) in [7, 11) is 0. The fourth-order valence-electron chi connectivity index (χ4n) is 0. The highest BCUT2D eigenvalue weighted by molar-refractivity contribution is 5.69. The second kappa shape index (κ2) is 16.3. The van der Waals surface area contributed by atoms with Crippen LogP contribution in [0.25, 0.3) is 0 Å². The maximum atomic E-state index is 9.00. The van der Waals surface area contributed by atoms with E-state index in [1.807, 2.05) is 0 Å². The summed E-state index contributed by atoms with van der Waals surface area (Å²) in [6, 6.07) is -0.833. The van der Waals surface area contributed by atoms with Crippen molar-refractivity contribution in [3.05, 3.63) is 25.4 Å². The molecule has 12 nitrogen and oxygen atoms in total. The number of hydrogen-bond donors (Lipinski definition) is 4. The average molecular weight is 203 g/mol. The molecule has 0 unspecified atom stereocenters. The van der Waals surface area contributed by atoms with Crippen LogP contribution < -0.4 is 17.6 Å². The van der Waals surface area contributed by atoms with Crippen molar-refractivity contribution in [2.24, 2.45) is 11.5 Å². The highest BCUT2D eigenvalue weighted by Gasteiger charge is 1.65. The Kier molecular flexibility index (Phi) is 28.1. The van der Waals surface area contributed by atoms with Gasteiger partial charge in [-0.1, -0.05) is 0 Å². The average Bonchev–Trinajstić information content (AvgIpc) is 1.54. The monoisotopic (exact) mass is 203 g/mol. The molecule has 80 valence electrons. The predicted octanol–water partition coefficient (Wildman–Crippen LogP) is -1.19. The van der Waals surface area contributed by atoms with Crippen LogP contribution >= 0.6 is 0 Å². The molecule has 13 heavy (non-hydrogen) atoms. The number of quaternary nitrogens is 1. The minimum Gasteiger partial charge on any atom is -0.369 e. The zero-order valence-electron chi connectivity index (χ0n) is 6.45. The molecular formula is CH9N5O7. The Balaban J connectivity index is -0.0000000450. The lowest BCUT2D eigenvalue weighted by Gasteiger charge is -1.74. The molecule has 0 rings (SSSR count). The molecule has 0 spiro atoms. The summed E-state index contributed by atoms with van der Waals surface area (Å²) in [5.74, 6) is 0. The van der Waals surface area contributed by atoms with Gasteiger partial charge in [0.15, 0.2) is 0 Å². The third kappa shape index (κ3) is 99.8. The van der Waals surface area contributed by atoms with E-state index in [1.54, 1.807) is 0 Å². The molecule has 9 N–H and O–H groups in total. The minimum atomic E-state index is -1.75. The number of nitrogens with two attached hydrogens (primary N) is 2. The number of hydrogen-bond acceptors (Lipinski definition) is 6. The second-order valence-electron chi connectivity index (χ2n) is 0.864. The molecule has 0 atom stereocenters. The first-order valence-electron chi connectivity index (χ1n) is 1.89. The Bertz CT molecular complexity index is 114. The predicted molar refractivity (Wildman–Crippen MR) is 38.9 cm³/mol. The number of carbonyl (C=O) groups excluding carboxylic acids is 1. The van der Waals surface area contributed by atoms with Crippen LogP contribution in [0.4, 0.5) is 4.79 Å². The number of urea groups is 1. The van der Waals surface area contributed by atoms with Gasteiger partial charge in [0.1, 0.15) is 0 Å². The molecule has 0 fully saturated rings. The number of rotatable bonds is 0. The largest absolute Gasteiger partial charge is 0.369 e. The van der Waals surface area contributed by atoms with E-state index in [1.165, 1.54) is 0 Å². The van der Waals surface area contributed by atoms with Gasteiger partial charge in [-0.15, -0.1) is 10.1 Å². The Hall–Kier alpha value is -2.37. The summed E-state index contributed by atoms with van der Waals surface area (Å²) in [4.78, 5) is 25.6. The Morgan fingerprint density at radius 1 is 1.15 bits per heavy atom. The van der Waals surface area contributed by atoms with Gasteiger partial charge in [-0.05, 0) is 0 Å². The van der Waals surface area contributed by atoms with Gasteiger partial charge in [0.25, 0.3) is 5.09 Å². The van der Waals surface area contributed by atoms with Crippen molar-refractivity contribution in [2.45, 2.75) is 0 Å². The summed E-state index contributed by atoms with van der Waals surface area (Å²) < 4.78 is 0. The van der Waals surface area contributed by atoms with Crippen molar-refractivity contribution in [3.8, 4) is 0 Å². The van der Waals surface area contributed by atoms with Crippen LogP contribution in [0.1, 0.15) is 0 Å². The summed E-state index contributed by atoms with van der Waals surface area (Å²) >= 11 is 0. The maximum absolute atomic E-state index is 9.00. The highest BCUT2D eigenvalue weighted by Crippen LogP contribution is 1.44. The fraction of sp³-hybridized carbons (Fsp3) is 0. The third-order valence-electron chi connectivity index (χ3n) is 0. The normalized spacial score (nSPS) is 5.54. The van der Waals surface area contributed by atoms with Crippen LogP contribution in [0.2, 0.25) is 0 Å². The van der Waals surface area contributed by atoms with Gasteiger partial charge in [-0.25, -0.2) is 4.79 Å². The quantitative estimate of drug-likeness (QED) is 0.277. The van der Waals surface area contributed by atoms with Gasteiger partial charge in [-0.3, -0.25) is 0 Å². The smallest absolute Gasteiger partial charge is 0.309 e. The molecule has 0 saturated heterocycles. The molecule has 0 aliphatic heterocycles. The number of primary amides is 2. The zero-order chi connectivity index (χ0) is 10.7. The molecule has 2 amide bonds. The first-order valence-corrected chi connectivity index (χ1v) is 1.89. The van der Waals surface area contributed by atoms with Crippen LogP contribution in [-0.2, 0) is 0 Å². The van der Waals surface area contributed by atoms with E-state index in [-0.39, 0.29) is 6.15 Å². The standard InChI is InChI=1S/CH4N2O.HNO3.NO3.H3N/c3*2-1(3)4;/h(H4,2,3,4);(H,2,3,4);;1H3/q;;-1;/p+1. The summed E-state index contributed by atoms with van der Waals surface area (Å²) in [5, 5.41) is 28.4. The topological polar surface area (TPSA) is 235 Å². The Morgan fingerprint density at radius 2 is 1.15 bits per heavy atom. The van der Waals surface area contributed by atoms with Crippen molar-refractivity contribution in [1.29, 1.82) is 0 Å². The van der Waals surface area contributed by atoms with Crippen LogP contribution in [0.5, 0.6) is 0 Å². The molecule has 12 heteroatoms. The Labute approximate surface area is 70.5 Å². The maximum Gasteiger partial charge on any atom is 0.309 e. The van der Waals surface area contributed by atoms with E-state index in [4.69, 9.17) is 35.4 Å². The first-order chi connectivity index (χ1) is 5.20. The van der Waals surface area contributed by atoms with E-state index in [9.17, 15) is 0 Å². The van der Waals surface area contributed by atoms with Crippen LogP contribution in [0.15, 0.2) is 0 Å². The van der Waals surface area contributed by atoms with Gasteiger partial charge >= 0.3 is 6.03 Å². The van der Waals surface area contributed by atoms with Gasteiger partial charge in [0.2, 0.25) is 0 Å². The van der Waals surface area contributed by atoms with E-state index in [2.05, 4.69) is 11.5 Å². The van der Waals surface area contributed by atoms with E-state index in [0.717, 1.165) is 0 Å². The summed E-state index contributed by atoms with van der Waals surface area (Å²) in [6.45, 7) is 0. The van der Waals surface area contributed by atoms with Crippen LogP contribution in [0, 0.1) is 25.4 Å². The molecular weight excluding hydrogens is 194 g/mol. The molecule has 0 heterocycles. The summed E-state index contributed by atoms with van der Waals surface area (Å²) in [5.41, 5.74) is 8.50. The van der Waals surface area contributed by atoms with Crippen LogP contribution in [0.3, 0.4) is 0 Å². The lowest BCUT2D eigenvalue weighted by Crippen LogP contribution is -2.18.